The zero-order valence-corrected chi connectivity index (χ0v) is 12.6. The van der Waals surface area contributed by atoms with Crippen molar-refractivity contribution in [2.24, 2.45) is 5.73 Å². The Bertz CT molecular complexity index is 436. The highest BCUT2D eigenvalue weighted by atomic mass is 79.9. The van der Waals surface area contributed by atoms with E-state index in [4.69, 9.17) is 10.5 Å². The molecule has 0 aromatic heterocycles. The van der Waals surface area contributed by atoms with Crippen LogP contribution in [0.4, 0.5) is 0 Å². The molecule has 1 aliphatic heterocycles. The molecule has 0 saturated carbocycles. The Balaban J connectivity index is 1.97. The summed E-state index contributed by atoms with van der Waals surface area (Å²) < 4.78 is 6.67. The van der Waals surface area contributed by atoms with Gasteiger partial charge < -0.3 is 15.4 Å². The van der Waals surface area contributed by atoms with Crippen LogP contribution >= 0.6 is 15.9 Å². The summed E-state index contributed by atoms with van der Waals surface area (Å²) in [4.78, 5) is 14.2. The summed E-state index contributed by atoms with van der Waals surface area (Å²) in [5, 5.41) is 0. The van der Waals surface area contributed by atoms with Crippen molar-refractivity contribution in [1.29, 1.82) is 0 Å². The Hall–Kier alpha value is -1.07. The Kier molecular flexibility index (Phi) is 4.82. The summed E-state index contributed by atoms with van der Waals surface area (Å²) in [5.41, 5.74) is 5.69. The molecule has 0 spiro atoms. The number of halogens is 1. The molecule has 2 rings (SSSR count). The molecule has 1 aliphatic rings. The van der Waals surface area contributed by atoms with Crippen LogP contribution in [0.5, 0.6) is 5.75 Å². The van der Waals surface area contributed by atoms with E-state index in [1.807, 2.05) is 29.2 Å². The van der Waals surface area contributed by atoms with Gasteiger partial charge in [-0.25, -0.2) is 0 Å². The molecule has 2 atom stereocenters. The Morgan fingerprint density at radius 3 is 2.84 bits per heavy atom. The van der Waals surface area contributed by atoms with Crippen molar-refractivity contribution in [3.63, 3.8) is 0 Å². The highest BCUT2D eigenvalue weighted by Crippen LogP contribution is 2.21. The zero-order valence-electron chi connectivity index (χ0n) is 11.0. The predicted octanol–water partition coefficient (Wildman–Crippen LogP) is 2.17. The van der Waals surface area contributed by atoms with E-state index in [1.165, 1.54) is 0 Å². The van der Waals surface area contributed by atoms with Gasteiger partial charge in [0.15, 0.2) is 6.10 Å². The van der Waals surface area contributed by atoms with Gasteiger partial charge in [-0.3, -0.25) is 4.79 Å². The minimum absolute atomic E-state index is 0.0240. The molecule has 19 heavy (non-hydrogen) atoms. The van der Waals surface area contributed by atoms with Crippen molar-refractivity contribution in [3.8, 4) is 5.75 Å². The molecule has 1 fully saturated rings. The van der Waals surface area contributed by atoms with Crippen molar-refractivity contribution >= 4 is 21.8 Å². The van der Waals surface area contributed by atoms with E-state index >= 15 is 0 Å². The van der Waals surface area contributed by atoms with E-state index in [2.05, 4.69) is 15.9 Å². The van der Waals surface area contributed by atoms with Crippen molar-refractivity contribution in [2.75, 3.05) is 13.1 Å². The molecule has 1 heterocycles. The molecule has 0 bridgehead atoms. The zero-order chi connectivity index (χ0) is 13.8. The van der Waals surface area contributed by atoms with Gasteiger partial charge in [0.05, 0.1) is 0 Å². The summed E-state index contributed by atoms with van der Waals surface area (Å²) in [6.45, 7) is 3.10. The topological polar surface area (TPSA) is 55.6 Å². The van der Waals surface area contributed by atoms with E-state index < -0.39 is 6.10 Å². The third-order valence-electron chi connectivity index (χ3n) is 3.41. The number of hydrogen-bond acceptors (Lipinski definition) is 3. The first kappa shape index (κ1) is 14.3. The first-order valence-corrected chi connectivity index (χ1v) is 7.34. The van der Waals surface area contributed by atoms with E-state index in [-0.39, 0.29) is 11.9 Å². The fraction of sp³-hybridized carbons (Fsp3) is 0.500. The molecule has 4 nitrogen and oxygen atoms in total. The van der Waals surface area contributed by atoms with Gasteiger partial charge >= 0.3 is 0 Å². The molecule has 0 aliphatic carbocycles. The fourth-order valence-electron chi connectivity index (χ4n) is 2.37. The SMILES string of the molecule is CC(Oc1ccc(Br)cc1)C(=O)N1CCCC1CN. The monoisotopic (exact) mass is 326 g/mol. The Labute approximate surface area is 122 Å². The van der Waals surface area contributed by atoms with Crippen molar-refractivity contribution in [1.82, 2.24) is 4.90 Å². The molecule has 1 aromatic rings. The second-order valence-corrected chi connectivity index (χ2v) is 5.69. The van der Waals surface area contributed by atoms with Crippen LogP contribution in [0.1, 0.15) is 19.8 Å². The van der Waals surface area contributed by atoms with Gasteiger partial charge in [-0.15, -0.1) is 0 Å². The van der Waals surface area contributed by atoms with Crippen LogP contribution in [0.2, 0.25) is 0 Å². The number of rotatable bonds is 4. The van der Waals surface area contributed by atoms with Gasteiger partial charge in [-0.2, -0.15) is 0 Å². The molecule has 5 heteroatoms. The van der Waals surface area contributed by atoms with Crippen molar-refractivity contribution < 1.29 is 9.53 Å². The maximum Gasteiger partial charge on any atom is 0.263 e. The first-order chi connectivity index (χ1) is 9.11. The highest BCUT2D eigenvalue weighted by molar-refractivity contribution is 9.10. The number of nitrogens with zero attached hydrogens (tertiary/aromatic N) is 1. The molecule has 2 unspecified atom stereocenters. The van der Waals surface area contributed by atoms with Gasteiger partial charge in [-0.1, -0.05) is 15.9 Å². The predicted molar refractivity (Wildman–Crippen MR) is 78.0 cm³/mol. The summed E-state index contributed by atoms with van der Waals surface area (Å²) in [6, 6.07) is 7.65. The lowest BCUT2D eigenvalue weighted by molar-refractivity contribution is -0.138. The van der Waals surface area contributed by atoms with E-state index in [1.54, 1.807) is 6.92 Å². The second-order valence-electron chi connectivity index (χ2n) is 4.78. The number of amides is 1. The Morgan fingerprint density at radius 2 is 2.21 bits per heavy atom. The number of carbonyl (C=O) groups excluding carboxylic acids is 1. The normalized spacial score (nSPS) is 20.4. The van der Waals surface area contributed by atoms with Crippen LogP contribution < -0.4 is 10.5 Å². The molecule has 1 amide bonds. The lowest BCUT2D eigenvalue weighted by atomic mass is 10.2. The number of hydrogen-bond donors (Lipinski definition) is 1. The van der Waals surface area contributed by atoms with Gasteiger partial charge in [0.1, 0.15) is 5.75 Å². The lowest BCUT2D eigenvalue weighted by Crippen LogP contribution is -2.45. The van der Waals surface area contributed by atoms with Gasteiger partial charge in [0.2, 0.25) is 0 Å². The van der Waals surface area contributed by atoms with E-state index in [0.29, 0.717) is 12.3 Å². The molecule has 1 aromatic carbocycles. The standard InChI is InChI=1S/C14H19BrN2O2/c1-10(19-13-6-4-11(15)5-7-13)14(18)17-8-2-3-12(17)9-16/h4-7,10,12H,2-3,8-9,16H2,1H3. The number of ether oxygens (including phenoxy) is 1. The third kappa shape index (κ3) is 3.48. The fourth-order valence-corrected chi connectivity index (χ4v) is 2.64. The van der Waals surface area contributed by atoms with Crippen LogP contribution in [0.25, 0.3) is 0 Å². The summed E-state index contributed by atoms with van der Waals surface area (Å²) in [5.74, 6) is 0.725. The van der Waals surface area contributed by atoms with Gasteiger partial charge in [0, 0.05) is 23.6 Å². The van der Waals surface area contributed by atoms with Crippen LogP contribution in [0.15, 0.2) is 28.7 Å². The summed E-state index contributed by atoms with van der Waals surface area (Å²) in [6.07, 6.45) is 1.54. The van der Waals surface area contributed by atoms with Crippen molar-refractivity contribution in [2.45, 2.75) is 31.9 Å². The number of carbonyl (C=O) groups is 1. The van der Waals surface area contributed by atoms with Crippen molar-refractivity contribution in [3.05, 3.63) is 28.7 Å². The first-order valence-electron chi connectivity index (χ1n) is 6.54. The molecule has 0 radical (unpaired) electrons. The average molecular weight is 327 g/mol. The third-order valence-corrected chi connectivity index (χ3v) is 3.94. The number of nitrogens with two attached hydrogens (primary N) is 1. The number of benzene rings is 1. The molecular weight excluding hydrogens is 308 g/mol. The second kappa shape index (κ2) is 6.39. The minimum atomic E-state index is -0.478. The molecule has 2 N–H and O–H groups in total. The summed E-state index contributed by atoms with van der Waals surface area (Å²) in [7, 11) is 0. The maximum absolute atomic E-state index is 12.3. The minimum Gasteiger partial charge on any atom is -0.481 e. The van der Waals surface area contributed by atoms with Gasteiger partial charge in [-0.05, 0) is 44.0 Å². The highest BCUT2D eigenvalue weighted by Gasteiger charge is 2.31. The molecule has 1 saturated heterocycles. The van der Waals surface area contributed by atoms with Crippen LogP contribution in [-0.4, -0.2) is 36.0 Å². The largest absolute Gasteiger partial charge is 0.481 e. The van der Waals surface area contributed by atoms with Crippen LogP contribution in [-0.2, 0) is 4.79 Å². The number of likely N-dealkylation sites (tertiary alicyclic amines) is 1. The maximum atomic E-state index is 12.3. The average Bonchev–Trinajstić information content (AvgIpc) is 2.88. The molecular formula is C14H19BrN2O2. The van der Waals surface area contributed by atoms with Gasteiger partial charge in [0.25, 0.3) is 5.91 Å². The lowest BCUT2D eigenvalue weighted by Gasteiger charge is -2.26. The van der Waals surface area contributed by atoms with E-state index in [0.717, 1.165) is 23.9 Å². The smallest absolute Gasteiger partial charge is 0.263 e. The van der Waals surface area contributed by atoms with E-state index in [9.17, 15) is 4.79 Å². The molecule has 104 valence electrons. The van der Waals surface area contributed by atoms with Crippen LogP contribution in [0, 0.1) is 0 Å². The quantitative estimate of drug-likeness (QED) is 0.922. The van der Waals surface area contributed by atoms with Crippen LogP contribution in [0.3, 0.4) is 0 Å². The Morgan fingerprint density at radius 1 is 1.53 bits per heavy atom. The summed E-state index contributed by atoms with van der Waals surface area (Å²) >= 11 is 3.37.